The molecule has 31 heavy (non-hydrogen) atoms. The van der Waals surface area contributed by atoms with Crippen LogP contribution >= 0.6 is 11.3 Å². The van der Waals surface area contributed by atoms with Crippen molar-refractivity contribution in [3.8, 4) is 11.1 Å². The molecule has 7 nitrogen and oxygen atoms in total. The van der Waals surface area contributed by atoms with E-state index >= 15 is 0 Å². The van der Waals surface area contributed by atoms with Crippen LogP contribution < -0.4 is 5.32 Å². The van der Waals surface area contributed by atoms with Crippen LogP contribution in [0.5, 0.6) is 0 Å². The summed E-state index contributed by atoms with van der Waals surface area (Å²) < 4.78 is 5.23. The van der Waals surface area contributed by atoms with Crippen molar-refractivity contribution in [3.05, 3.63) is 80.2 Å². The zero-order chi connectivity index (χ0) is 22.5. The van der Waals surface area contributed by atoms with Crippen LogP contribution in [-0.4, -0.2) is 23.4 Å². The fourth-order valence-corrected chi connectivity index (χ4v) is 4.32. The van der Waals surface area contributed by atoms with Crippen molar-refractivity contribution in [2.24, 2.45) is 0 Å². The Morgan fingerprint density at radius 2 is 1.87 bits per heavy atom. The number of nitro benzene ring substituents is 1. The summed E-state index contributed by atoms with van der Waals surface area (Å²) in [4.78, 5) is 36.1. The second-order valence-corrected chi connectivity index (χ2v) is 7.88. The second-order valence-electron chi connectivity index (χ2n) is 7.00. The molecule has 1 aromatic heterocycles. The highest BCUT2D eigenvalue weighted by molar-refractivity contribution is 7.15. The molecule has 0 aliphatic heterocycles. The molecule has 0 unspecified atom stereocenters. The van der Waals surface area contributed by atoms with E-state index < -0.39 is 16.8 Å². The fourth-order valence-electron chi connectivity index (χ4n) is 3.35. The highest BCUT2D eigenvalue weighted by Gasteiger charge is 2.24. The molecule has 0 fully saturated rings. The van der Waals surface area contributed by atoms with Gasteiger partial charge in [0.05, 0.1) is 18.0 Å². The molecule has 8 heteroatoms. The van der Waals surface area contributed by atoms with Crippen molar-refractivity contribution in [1.82, 2.24) is 0 Å². The maximum atomic E-state index is 12.7. The van der Waals surface area contributed by atoms with E-state index in [1.807, 2.05) is 37.4 Å². The van der Waals surface area contributed by atoms with Gasteiger partial charge in [0.2, 0.25) is 5.91 Å². The van der Waals surface area contributed by atoms with Crippen LogP contribution in [0.3, 0.4) is 0 Å². The predicted octanol–water partition coefficient (Wildman–Crippen LogP) is 5.30. The lowest BCUT2D eigenvalue weighted by molar-refractivity contribution is -0.385. The monoisotopic (exact) mass is 438 g/mol. The van der Waals surface area contributed by atoms with Crippen molar-refractivity contribution in [3.63, 3.8) is 0 Å². The standard InChI is InChI=1S/C23H22N2O5S/c1-4-30-23(27)21-18(17-10-9-14(2)11-15(17)3)13-31-22(21)24-20(26)12-16-7-5-6-8-19(16)25(28)29/h5-11,13H,4,12H2,1-3H3,(H,24,26). The molecule has 1 N–H and O–H groups in total. The molecule has 2 aromatic carbocycles. The Morgan fingerprint density at radius 3 is 2.55 bits per heavy atom. The van der Waals surface area contributed by atoms with Gasteiger partial charge in [-0.05, 0) is 31.9 Å². The number of hydrogen-bond donors (Lipinski definition) is 1. The first kappa shape index (κ1) is 22.2. The lowest BCUT2D eigenvalue weighted by Crippen LogP contribution is -2.17. The van der Waals surface area contributed by atoms with Gasteiger partial charge in [0.15, 0.2) is 0 Å². The Morgan fingerprint density at radius 1 is 1.13 bits per heavy atom. The number of ether oxygens (including phenoxy) is 1. The number of nitrogens with one attached hydrogen (secondary N) is 1. The highest BCUT2D eigenvalue weighted by atomic mass is 32.1. The molecule has 1 heterocycles. The van der Waals surface area contributed by atoms with E-state index in [0.29, 0.717) is 16.1 Å². The molecule has 3 aromatic rings. The van der Waals surface area contributed by atoms with E-state index in [2.05, 4.69) is 5.32 Å². The molecule has 0 radical (unpaired) electrons. The summed E-state index contributed by atoms with van der Waals surface area (Å²) >= 11 is 1.22. The Hall–Kier alpha value is -3.52. The lowest BCUT2D eigenvalue weighted by atomic mass is 9.97. The fraction of sp³-hybridized carbons (Fsp3) is 0.217. The van der Waals surface area contributed by atoms with Crippen LogP contribution in [0.4, 0.5) is 10.7 Å². The predicted molar refractivity (Wildman–Crippen MR) is 121 cm³/mol. The molecule has 3 rings (SSSR count). The number of nitrogens with zero attached hydrogens (tertiary/aromatic N) is 1. The minimum atomic E-state index is -0.528. The number of rotatable bonds is 7. The van der Waals surface area contributed by atoms with Crippen molar-refractivity contribution < 1.29 is 19.2 Å². The van der Waals surface area contributed by atoms with E-state index in [1.165, 1.54) is 17.4 Å². The number of anilines is 1. The van der Waals surface area contributed by atoms with Gasteiger partial charge in [0.1, 0.15) is 10.6 Å². The average Bonchev–Trinajstić information content (AvgIpc) is 3.11. The molecular formula is C23H22N2O5S. The summed E-state index contributed by atoms with van der Waals surface area (Å²) in [6.45, 7) is 5.87. The van der Waals surface area contributed by atoms with Gasteiger partial charge in [-0.2, -0.15) is 0 Å². The zero-order valence-electron chi connectivity index (χ0n) is 17.4. The normalized spacial score (nSPS) is 10.5. The Bertz CT molecular complexity index is 1150. The summed E-state index contributed by atoms with van der Waals surface area (Å²) in [5.41, 5.74) is 4.13. The highest BCUT2D eigenvalue weighted by Crippen LogP contribution is 2.38. The SMILES string of the molecule is CCOC(=O)c1c(-c2ccc(C)cc2C)csc1NC(=O)Cc1ccccc1[N+](=O)[O-]. The van der Waals surface area contributed by atoms with E-state index in [0.717, 1.165) is 16.7 Å². The number of nitro groups is 1. The zero-order valence-corrected chi connectivity index (χ0v) is 18.2. The summed E-state index contributed by atoms with van der Waals surface area (Å²) in [5.74, 6) is -0.978. The number of carbonyl (C=O) groups is 2. The van der Waals surface area contributed by atoms with Crippen LogP contribution in [0.25, 0.3) is 11.1 Å². The largest absolute Gasteiger partial charge is 0.462 e. The van der Waals surface area contributed by atoms with E-state index in [9.17, 15) is 19.7 Å². The maximum Gasteiger partial charge on any atom is 0.341 e. The molecule has 1 amide bonds. The van der Waals surface area contributed by atoms with E-state index in [1.54, 1.807) is 25.1 Å². The van der Waals surface area contributed by atoms with Gasteiger partial charge in [0, 0.05) is 22.6 Å². The number of esters is 1. The molecule has 0 aliphatic carbocycles. The van der Waals surface area contributed by atoms with Crippen molar-refractivity contribution in [2.45, 2.75) is 27.2 Å². The molecule has 160 valence electrons. The van der Waals surface area contributed by atoms with Gasteiger partial charge in [-0.25, -0.2) is 4.79 Å². The topological polar surface area (TPSA) is 98.5 Å². The molecule has 0 bridgehead atoms. The van der Waals surface area contributed by atoms with E-state index in [4.69, 9.17) is 4.74 Å². The number of thiophene rings is 1. The van der Waals surface area contributed by atoms with Gasteiger partial charge in [-0.1, -0.05) is 42.0 Å². The first-order chi connectivity index (χ1) is 14.8. The first-order valence-electron chi connectivity index (χ1n) is 9.70. The van der Waals surface area contributed by atoms with Crippen molar-refractivity contribution >= 4 is 33.9 Å². The Labute approximate surface area is 183 Å². The number of hydrogen-bond acceptors (Lipinski definition) is 6. The van der Waals surface area contributed by atoms with Crippen LogP contribution in [-0.2, 0) is 16.0 Å². The van der Waals surface area contributed by atoms with E-state index in [-0.39, 0.29) is 24.3 Å². The van der Waals surface area contributed by atoms with Crippen LogP contribution in [0.1, 0.15) is 34.0 Å². The third-order valence-electron chi connectivity index (χ3n) is 4.73. The molecule has 0 saturated carbocycles. The van der Waals surface area contributed by atoms with Crippen LogP contribution in [0.2, 0.25) is 0 Å². The van der Waals surface area contributed by atoms with Crippen molar-refractivity contribution in [1.29, 1.82) is 0 Å². The Balaban J connectivity index is 1.94. The summed E-state index contributed by atoms with van der Waals surface area (Å²) in [6.07, 6.45) is -0.184. The maximum absolute atomic E-state index is 12.7. The quantitative estimate of drug-likeness (QED) is 0.307. The summed E-state index contributed by atoms with van der Waals surface area (Å²) in [7, 11) is 0. The molecule has 0 saturated heterocycles. The second kappa shape index (κ2) is 9.53. The summed E-state index contributed by atoms with van der Waals surface area (Å²) in [5, 5.41) is 16.1. The van der Waals surface area contributed by atoms with Crippen LogP contribution in [0.15, 0.2) is 47.8 Å². The molecule has 0 spiro atoms. The molecule has 0 aliphatic rings. The number of amides is 1. The Kier molecular flexibility index (Phi) is 6.81. The molecule has 0 atom stereocenters. The van der Waals surface area contributed by atoms with Gasteiger partial charge in [-0.15, -0.1) is 11.3 Å². The number of aryl methyl sites for hydroxylation is 2. The average molecular weight is 439 g/mol. The molecular weight excluding hydrogens is 416 g/mol. The van der Waals surface area contributed by atoms with Gasteiger partial charge < -0.3 is 10.1 Å². The number of benzene rings is 2. The number of carbonyl (C=O) groups excluding carboxylic acids is 2. The smallest absolute Gasteiger partial charge is 0.341 e. The van der Waals surface area contributed by atoms with Crippen molar-refractivity contribution in [2.75, 3.05) is 11.9 Å². The summed E-state index contributed by atoms with van der Waals surface area (Å²) in [6, 6.07) is 12.0. The van der Waals surface area contributed by atoms with Crippen LogP contribution in [0, 0.1) is 24.0 Å². The van der Waals surface area contributed by atoms with Gasteiger partial charge in [-0.3, -0.25) is 14.9 Å². The lowest BCUT2D eigenvalue weighted by Gasteiger charge is -2.11. The number of para-hydroxylation sites is 1. The third kappa shape index (κ3) is 4.97. The van der Waals surface area contributed by atoms with Gasteiger partial charge in [0.25, 0.3) is 5.69 Å². The minimum Gasteiger partial charge on any atom is -0.462 e. The third-order valence-corrected chi connectivity index (χ3v) is 5.63. The minimum absolute atomic E-state index is 0.120. The van der Waals surface area contributed by atoms with Gasteiger partial charge >= 0.3 is 5.97 Å². The first-order valence-corrected chi connectivity index (χ1v) is 10.6.